The smallest absolute Gasteiger partial charge is 0.255 e. The second-order valence-corrected chi connectivity index (χ2v) is 10.9. The van der Waals surface area contributed by atoms with Crippen LogP contribution in [0.2, 0.25) is 5.02 Å². The lowest BCUT2D eigenvalue weighted by molar-refractivity contribution is -0.683. The number of nitrogens with zero attached hydrogens (tertiary/aromatic N) is 1. The summed E-state index contributed by atoms with van der Waals surface area (Å²) >= 11 is 8.00. The summed E-state index contributed by atoms with van der Waals surface area (Å²) in [7, 11) is 0. The maximum Gasteiger partial charge on any atom is 0.255 e. The van der Waals surface area contributed by atoms with Crippen LogP contribution in [-0.4, -0.2) is 12.5 Å². The van der Waals surface area contributed by atoms with E-state index in [2.05, 4.69) is 33.9 Å². The molecule has 0 unspecified atom stereocenters. The second-order valence-electron chi connectivity index (χ2n) is 9.73. The predicted molar refractivity (Wildman–Crippen MR) is 156 cm³/mol. The Morgan fingerprint density at radius 1 is 0.892 bits per heavy atom. The molecule has 0 fully saturated rings. The van der Waals surface area contributed by atoms with E-state index >= 15 is 0 Å². The fourth-order valence-corrected chi connectivity index (χ4v) is 5.11. The SMILES string of the molecule is CCCCCCCCCCCCCCOc1cc(C(=O)Nc2ccc(C[n+]3ccsc3)cc2)ccc1Cl. The minimum Gasteiger partial charge on any atom is -0.492 e. The molecule has 3 aromatic rings. The number of hydrogen-bond acceptors (Lipinski definition) is 3. The van der Waals surface area contributed by atoms with E-state index in [1.807, 2.05) is 24.3 Å². The highest BCUT2D eigenvalue weighted by atomic mass is 35.5. The van der Waals surface area contributed by atoms with Crippen molar-refractivity contribution in [3.8, 4) is 5.75 Å². The van der Waals surface area contributed by atoms with Gasteiger partial charge in [-0.05, 0) is 36.8 Å². The topological polar surface area (TPSA) is 42.2 Å². The predicted octanol–water partition coefficient (Wildman–Crippen LogP) is 9.07. The van der Waals surface area contributed by atoms with Crippen molar-refractivity contribution >= 4 is 34.5 Å². The number of carbonyl (C=O) groups is 1. The number of thiazole rings is 1. The monoisotopic (exact) mass is 541 g/mol. The van der Waals surface area contributed by atoms with E-state index in [4.69, 9.17) is 16.3 Å². The highest BCUT2D eigenvalue weighted by Crippen LogP contribution is 2.26. The van der Waals surface area contributed by atoms with Crippen LogP contribution in [0.15, 0.2) is 59.6 Å². The molecule has 6 heteroatoms. The van der Waals surface area contributed by atoms with Crippen LogP contribution in [0, 0.1) is 0 Å². The molecule has 1 heterocycles. The highest BCUT2D eigenvalue weighted by Gasteiger charge is 2.11. The van der Waals surface area contributed by atoms with Crippen molar-refractivity contribution in [2.45, 2.75) is 90.5 Å². The lowest BCUT2D eigenvalue weighted by Gasteiger charge is -2.11. The molecule has 0 bridgehead atoms. The highest BCUT2D eigenvalue weighted by molar-refractivity contribution is 7.07. The van der Waals surface area contributed by atoms with Crippen LogP contribution < -0.4 is 14.6 Å². The minimum atomic E-state index is -0.174. The summed E-state index contributed by atoms with van der Waals surface area (Å²) in [5, 5.41) is 5.55. The molecule has 1 aromatic heterocycles. The van der Waals surface area contributed by atoms with Gasteiger partial charge in [-0.3, -0.25) is 4.79 Å². The number of aromatic nitrogens is 1. The quantitative estimate of drug-likeness (QED) is 0.129. The normalized spacial score (nSPS) is 11.0. The number of hydrogen-bond donors (Lipinski definition) is 1. The summed E-state index contributed by atoms with van der Waals surface area (Å²) in [4.78, 5) is 12.8. The Balaban J connectivity index is 1.32. The van der Waals surface area contributed by atoms with Gasteiger partial charge in [-0.25, -0.2) is 0 Å². The van der Waals surface area contributed by atoms with Crippen molar-refractivity contribution in [1.29, 1.82) is 0 Å². The first-order valence-electron chi connectivity index (χ1n) is 13.9. The van der Waals surface area contributed by atoms with E-state index in [1.165, 1.54) is 69.8 Å². The molecule has 0 saturated heterocycles. The molecule has 2 aromatic carbocycles. The van der Waals surface area contributed by atoms with E-state index < -0.39 is 0 Å². The molecule has 0 spiro atoms. The van der Waals surface area contributed by atoms with Crippen LogP contribution in [0.25, 0.3) is 0 Å². The zero-order valence-corrected chi connectivity index (χ0v) is 23.8. The Morgan fingerprint density at radius 3 is 2.16 bits per heavy atom. The molecule has 4 nitrogen and oxygen atoms in total. The Bertz CT molecular complexity index is 1040. The molecule has 1 amide bonds. The molecular weight excluding hydrogens is 500 g/mol. The number of nitrogens with one attached hydrogen (secondary N) is 1. The number of carbonyl (C=O) groups excluding carboxylic acids is 1. The molecule has 3 rings (SSSR count). The number of ether oxygens (including phenoxy) is 1. The zero-order chi connectivity index (χ0) is 26.1. The molecule has 0 aliphatic carbocycles. The van der Waals surface area contributed by atoms with Crippen LogP contribution in [0.3, 0.4) is 0 Å². The standard InChI is InChI=1S/C31H41ClN2O2S/c1-2-3-4-5-6-7-8-9-10-11-12-13-21-36-30-23-27(16-19-29(30)32)31(35)33-28-17-14-26(15-18-28)24-34-20-22-37-25-34/h14-20,22-23,25H,2-13,21,24H2,1H3/p+1. The Morgan fingerprint density at radius 2 is 1.54 bits per heavy atom. The third-order valence-corrected chi connectivity index (χ3v) is 7.54. The van der Waals surface area contributed by atoms with Gasteiger partial charge in [-0.2, -0.15) is 4.57 Å². The van der Waals surface area contributed by atoms with E-state index in [0.717, 1.165) is 25.1 Å². The van der Waals surface area contributed by atoms with Crippen LogP contribution in [0.1, 0.15) is 99.9 Å². The van der Waals surface area contributed by atoms with Gasteiger partial charge in [0.15, 0.2) is 12.7 Å². The number of halogens is 1. The van der Waals surface area contributed by atoms with Crippen molar-refractivity contribution < 1.29 is 14.1 Å². The molecule has 200 valence electrons. The van der Waals surface area contributed by atoms with Crippen molar-refractivity contribution in [2.24, 2.45) is 0 Å². The van der Waals surface area contributed by atoms with Crippen LogP contribution in [-0.2, 0) is 6.54 Å². The summed E-state index contributed by atoms with van der Waals surface area (Å²) in [5.41, 5.74) is 4.56. The molecule has 0 aliphatic heterocycles. The lowest BCUT2D eigenvalue weighted by atomic mass is 10.1. The van der Waals surface area contributed by atoms with E-state index in [9.17, 15) is 4.79 Å². The number of anilines is 1. The zero-order valence-electron chi connectivity index (χ0n) is 22.2. The first-order chi connectivity index (χ1) is 18.2. The molecule has 0 radical (unpaired) electrons. The molecular formula is C31H42ClN2O2S+. The average Bonchev–Trinajstić information content (AvgIpc) is 3.42. The molecule has 0 atom stereocenters. The van der Waals surface area contributed by atoms with Gasteiger partial charge in [0.05, 0.1) is 17.0 Å². The first-order valence-corrected chi connectivity index (χ1v) is 15.2. The average molecular weight is 542 g/mol. The summed E-state index contributed by atoms with van der Waals surface area (Å²) in [6.45, 7) is 3.70. The number of amides is 1. The van der Waals surface area contributed by atoms with E-state index in [-0.39, 0.29) is 5.91 Å². The summed E-state index contributed by atoms with van der Waals surface area (Å²) in [6.07, 6.45) is 17.8. The number of benzene rings is 2. The van der Waals surface area contributed by atoms with Gasteiger partial charge in [0.2, 0.25) is 5.51 Å². The van der Waals surface area contributed by atoms with Gasteiger partial charge in [0.25, 0.3) is 5.91 Å². The van der Waals surface area contributed by atoms with E-state index in [1.54, 1.807) is 29.5 Å². The van der Waals surface area contributed by atoms with Gasteiger partial charge in [-0.15, -0.1) is 0 Å². The molecule has 0 saturated carbocycles. The maximum absolute atomic E-state index is 12.8. The summed E-state index contributed by atoms with van der Waals surface area (Å²) in [6, 6.07) is 13.1. The maximum atomic E-state index is 12.8. The Hall–Kier alpha value is -2.37. The molecule has 1 N–H and O–H groups in total. The molecule has 37 heavy (non-hydrogen) atoms. The van der Waals surface area contributed by atoms with Crippen molar-refractivity contribution in [1.82, 2.24) is 0 Å². The third kappa shape index (κ3) is 11.3. The Kier molecular flexibility index (Phi) is 13.6. The van der Waals surface area contributed by atoms with Crippen LogP contribution >= 0.6 is 22.9 Å². The van der Waals surface area contributed by atoms with Crippen molar-refractivity contribution in [3.05, 3.63) is 75.7 Å². The van der Waals surface area contributed by atoms with Gasteiger partial charge < -0.3 is 10.1 Å². The number of rotatable bonds is 18. The lowest BCUT2D eigenvalue weighted by Crippen LogP contribution is -2.30. The minimum absolute atomic E-state index is 0.174. The summed E-state index contributed by atoms with van der Waals surface area (Å²) < 4.78 is 8.05. The first kappa shape index (κ1) is 29.2. The van der Waals surface area contributed by atoms with Crippen molar-refractivity contribution in [2.75, 3.05) is 11.9 Å². The van der Waals surface area contributed by atoms with E-state index in [0.29, 0.717) is 22.9 Å². The second kappa shape index (κ2) is 17.2. The Labute approximate surface area is 232 Å². The van der Waals surface area contributed by atoms with Gasteiger partial charge in [0.1, 0.15) is 5.75 Å². The van der Waals surface area contributed by atoms with Gasteiger partial charge in [0, 0.05) is 16.8 Å². The largest absolute Gasteiger partial charge is 0.492 e. The third-order valence-electron chi connectivity index (χ3n) is 6.55. The van der Waals surface area contributed by atoms with Gasteiger partial charge in [-0.1, -0.05) is 113 Å². The number of unbranched alkanes of at least 4 members (excludes halogenated alkanes) is 11. The molecule has 0 aliphatic rings. The fourth-order valence-electron chi connectivity index (χ4n) is 4.34. The van der Waals surface area contributed by atoms with Crippen LogP contribution in [0.4, 0.5) is 5.69 Å². The van der Waals surface area contributed by atoms with Gasteiger partial charge >= 0.3 is 0 Å². The van der Waals surface area contributed by atoms with Crippen LogP contribution in [0.5, 0.6) is 5.75 Å². The summed E-state index contributed by atoms with van der Waals surface area (Å²) in [5.74, 6) is 0.396. The fraction of sp³-hybridized carbons (Fsp3) is 0.484. The van der Waals surface area contributed by atoms with Crippen molar-refractivity contribution in [3.63, 3.8) is 0 Å².